The molecule has 0 aromatic heterocycles. The van der Waals surface area contributed by atoms with Crippen molar-refractivity contribution in [1.82, 2.24) is 0 Å². The monoisotopic (exact) mass is 207 g/mol. The van der Waals surface area contributed by atoms with Gasteiger partial charge < -0.3 is 15.7 Å². The van der Waals surface area contributed by atoms with E-state index in [2.05, 4.69) is 0 Å². The van der Waals surface area contributed by atoms with E-state index in [1.807, 2.05) is 37.1 Å². The van der Waals surface area contributed by atoms with Crippen molar-refractivity contribution in [2.75, 3.05) is 25.1 Å². The van der Waals surface area contributed by atoms with Crippen LogP contribution in [0.15, 0.2) is 18.2 Å². The first kappa shape index (κ1) is 11.5. The van der Waals surface area contributed by atoms with Crippen LogP contribution in [0.5, 0.6) is 0 Å². The minimum Gasteiger partial charge on any atom is -0.395 e. The molecular weight excluding hydrogens is 190 g/mol. The maximum absolute atomic E-state index is 8.86. The van der Waals surface area contributed by atoms with Crippen molar-refractivity contribution in [2.45, 2.75) is 6.92 Å². The molecule has 1 aromatic carbocycles. The average molecular weight is 207 g/mol. The predicted molar refractivity (Wildman–Crippen MR) is 62.6 cm³/mol. The minimum absolute atomic E-state index is 0.0542. The normalized spacial score (nSPS) is 10.1. The molecule has 0 saturated carbocycles. The number of aliphatic hydroxyl groups excluding tert-OH is 1. The minimum atomic E-state index is 0.0542. The van der Waals surface area contributed by atoms with Gasteiger partial charge >= 0.3 is 0 Å². The molecule has 0 saturated heterocycles. The lowest BCUT2D eigenvalue weighted by molar-refractivity contribution is 0.304. The van der Waals surface area contributed by atoms with Crippen molar-refractivity contribution < 1.29 is 5.11 Å². The van der Waals surface area contributed by atoms with Gasteiger partial charge in [-0.15, -0.1) is 0 Å². The summed E-state index contributed by atoms with van der Waals surface area (Å²) in [5.74, 6) is 0.0542. The molecule has 0 heterocycles. The van der Waals surface area contributed by atoms with E-state index in [4.69, 9.17) is 16.2 Å². The highest BCUT2D eigenvalue weighted by molar-refractivity contribution is 6.00. The van der Waals surface area contributed by atoms with E-state index in [0.717, 1.165) is 11.3 Å². The second kappa shape index (κ2) is 4.79. The fourth-order valence-electron chi connectivity index (χ4n) is 1.47. The van der Waals surface area contributed by atoms with Crippen LogP contribution in [-0.4, -0.2) is 31.1 Å². The third-order valence-corrected chi connectivity index (χ3v) is 2.29. The molecule has 4 heteroatoms. The van der Waals surface area contributed by atoms with Gasteiger partial charge in [0.15, 0.2) is 0 Å². The van der Waals surface area contributed by atoms with Gasteiger partial charge in [0.25, 0.3) is 0 Å². The first-order chi connectivity index (χ1) is 7.06. The summed E-state index contributed by atoms with van der Waals surface area (Å²) in [6.07, 6.45) is 0. The van der Waals surface area contributed by atoms with Crippen LogP contribution >= 0.6 is 0 Å². The molecule has 1 aromatic rings. The standard InChI is InChI=1S/C11H17N3O/c1-8-3-4-10(14(2)5-6-15)9(7-8)11(12)13/h3-4,7,15H,5-6H2,1-2H3,(H3,12,13). The molecule has 0 aliphatic heterocycles. The SMILES string of the molecule is Cc1ccc(N(C)CCO)c(C(=N)N)c1. The Labute approximate surface area is 89.8 Å². The molecule has 4 N–H and O–H groups in total. The Kier molecular flexibility index (Phi) is 3.68. The Morgan fingerprint density at radius 2 is 2.20 bits per heavy atom. The van der Waals surface area contributed by atoms with Crippen molar-refractivity contribution in [3.05, 3.63) is 29.3 Å². The number of hydrogen-bond donors (Lipinski definition) is 3. The number of amidine groups is 1. The molecule has 0 aliphatic carbocycles. The molecule has 15 heavy (non-hydrogen) atoms. The fraction of sp³-hybridized carbons (Fsp3) is 0.364. The number of nitrogens with zero attached hydrogens (tertiary/aromatic N) is 1. The Morgan fingerprint density at radius 1 is 1.53 bits per heavy atom. The first-order valence-electron chi connectivity index (χ1n) is 4.83. The van der Waals surface area contributed by atoms with Gasteiger partial charge in [-0.3, -0.25) is 5.41 Å². The second-order valence-corrected chi connectivity index (χ2v) is 3.58. The lowest BCUT2D eigenvalue weighted by Crippen LogP contribution is -2.25. The second-order valence-electron chi connectivity index (χ2n) is 3.58. The van der Waals surface area contributed by atoms with Gasteiger partial charge in [-0.1, -0.05) is 11.6 Å². The molecule has 0 bridgehead atoms. The zero-order chi connectivity index (χ0) is 11.4. The molecule has 0 atom stereocenters. The topological polar surface area (TPSA) is 73.3 Å². The van der Waals surface area contributed by atoms with Crippen molar-refractivity contribution in [2.24, 2.45) is 5.73 Å². The molecule has 0 fully saturated rings. The van der Waals surface area contributed by atoms with Crippen LogP contribution in [0, 0.1) is 12.3 Å². The molecule has 0 radical (unpaired) electrons. The zero-order valence-corrected chi connectivity index (χ0v) is 9.12. The van der Waals surface area contributed by atoms with E-state index < -0.39 is 0 Å². The van der Waals surface area contributed by atoms with Crippen molar-refractivity contribution in [1.29, 1.82) is 5.41 Å². The van der Waals surface area contributed by atoms with Crippen LogP contribution in [0.25, 0.3) is 0 Å². The highest BCUT2D eigenvalue weighted by atomic mass is 16.3. The van der Waals surface area contributed by atoms with E-state index in [1.165, 1.54) is 0 Å². The van der Waals surface area contributed by atoms with Gasteiger partial charge in [-0.05, 0) is 19.1 Å². The molecule has 0 aliphatic rings. The van der Waals surface area contributed by atoms with Gasteiger partial charge in [-0.2, -0.15) is 0 Å². The van der Waals surface area contributed by atoms with Crippen molar-refractivity contribution in [3.8, 4) is 0 Å². The van der Waals surface area contributed by atoms with E-state index in [0.29, 0.717) is 12.1 Å². The molecule has 4 nitrogen and oxygen atoms in total. The van der Waals surface area contributed by atoms with Crippen LogP contribution in [-0.2, 0) is 0 Å². The van der Waals surface area contributed by atoms with Gasteiger partial charge in [0.1, 0.15) is 5.84 Å². The van der Waals surface area contributed by atoms with Gasteiger partial charge in [0.05, 0.1) is 6.61 Å². The number of likely N-dealkylation sites (N-methyl/N-ethyl adjacent to an activating group) is 1. The third kappa shape index (κ3) is 2.70. The highest BCUT2D eigenvalue weighted by Crippen LogP contribution is 2.20. The Morgan fingerprint density at radius 3 is 2.73 bits per heavy atom. The summed E-state index contributed by atoms with van der Waals surface area (Å²) in [5, 5.41) is 16.3. The summed E-state index contributed by atoms with van der Waals surface area (Å²) in [6.45, 7) is 2.58. The molecule has 1 rings (SSSR count). The highest BCUT2D eigenvalue weighted by Gasteiger charge is 2.09. The summed E-state index contributed by atoms with van der Waals surface area (Å²) in [4.78, 5) is 1.89. The van der Waals surface area contributed by atoms with Crippen LogP contribution in [0.2, 0.25) is 0 Å². The smallest absolute Gasteiger partial charge is 0.124 e. The molecule has 0 unspecified atom stereocenters. The van der Waals surface area contributed by atoms with Crippen LogP contribution in [0.4, 0.5) is 5.69 Å². The van der Waals surface area contributed by atoms with Gasteiger partial charge in [0, 0.05) is 24.8 Å². The summed E-state index contributed by atoms with van der Waals surface area (Å²) in [5.41, 5.74) is 8.17. The number of anilines is 1. The number of nitrogens with one attached hydrogen (secondary N) is 1. The number of aryl methyl sites for hydroxylation is 1. The van der Waals surface area contributed by atoms with E-state index in [-0.39, 0.29) is 12.4 Å². The first-order valence-corrected chi connectivity index (χ1v) is 4.83. The van der Waals surface area contributed by atoms with Crippen LogP contribution in [0.3, 0.4) is 0 Å². The predicted octanol–water partition coefficient (Wildman–Crippen LogP) is 0.708. The molecule has 82 valence electrons. The fourth-order valence-corrected chi connectivity index (χ4v) is 1.47. The largest absolute Gasteiger partial charge is 0.395 e. The summed E-state index contributed by atoms with van der Waals surface area (Å²) in [7, 11) is 1.87. The number of aliphatic hydroxyl groups is 1. The van der Waals surface area contributed by atoms with Crippen molar-refractivity contribution >= 4 is 11.5 Å². The third-order valence-electron chi connectivity index (χ3n) is 2.29. The van der Waals surface area contributed by atoms with Gasteiger partial charge in [0.2, 0.25) is 0 Å². The lowest BCUT2D eigenvalue weighted by atomic mass is 10.1. The zero-order valence-electron chi connectivity index (χ0n) is 9.12. The van der Waals surface area contributed by atoms with Crippen LogP contribution < -0.4 is 10.6 Å². The van der Waals surface area contributed by atoms with E-state index in [9.17, 15) is 0 Å². The summed E-state index contributed by atoms with van der Waals surface area (Å²) in [6, 6.07) is 5.77. The number of rotatable bonds is 4. The number of hydrogen-bond acceptors (Lipinski definition) is 3. The van der Waals surface area contributed by atoms with Crippen LogP contribution in [0.1, 0.15) is 11.1 Å². The average Bonchev–Trinajstić information content (AvgIpc) is 2.17. The number of benzene rings is 1. The number of nitrogens with two attached hydrogens (primary N) is 1. The maximum Gasteiger partial charge on any atom is 0.124 e. The Bertz CT molecular complexity index is 363. The molecule has 0 amide bonds. The van der Waals surface area contributed by atoms with E-state index >= 15 is 0 Å². The Hall–Kier alpha value is -1.55. The maximum atomic E-state index is 8.86. The van der Waals surface area contributed by atoms with Crippen molar-refractivity contribution in [3.63, 3.8) is 0 Å². The van der Waals surface area contributed by atoms with Gasteiger partial charge in [-0.25, -0.2) is 0 Å². The number of nitrogen functional groups attached to an aromatic ring is 1. The molecule has 0 spiro atoms. The summed E-state index contributed by atoms with van der Waals surface area (Å²) >= 11 is 0. The lowest BCUT2D eigenvalue weighted by Gasteiger charge is -2.21. The molecular formula is C11H17N3O. The summed E-state index contributed by atoms with van der Waals surface area (Å²) < 4.78 is 0. The van der Waals surface area contributed by atoms with E-state index in [1.54, 1.807) is 0 Å². The quantitative estimate of drug-likeness (QED) is 0.503. The Balaban J connectivity index is 3.10.